The van der Waals surface area contributed by atoms with Crippen molar-refractivity contribution in [3.05, 3.63) is 10.3 Å². The molecule has 0 radical (unpaired) electrons. The van der Waals surface area contributed by atoms with Gasteiger partial charge in [0.05, 0.1) is 6.54 Å². The zero-order valence-electron chi connectivity index (χ0n) is 10.8. The van der Waals surface area contributed by atoms with Crippen molar-refractivity contribution in [2.45, 2.75) is 25.2 Å². The van der Waals surface area contributed by atoms with E-state index in [2.05, 4.69) is 20.2 Å². The minimum absolute atomic E-state index is 0.0633. The topological polar surface area (TPSA) is 57.7 Å². The number of rotatable bonds is 1. The number of H-pyrrole nitrogens is 1. The Kier molecular flexibility index (Phi) is 2.67. The summed E-state index contributed by atoms with van der Waals surface area (Å²) in [5.74, 6) is -2.49. The van der Waals surface area contributed by atoms with Crippen LogP contribution in [0.4, 0.5) is 14.6 Å². The van der Waals surface area contributed by atoms with Crippen LogP contribution in [0, 0.1) is 5.41 Å². The average Bonchev–Trinajstić information content (AvgIpc) is 3.14. The average molecular weight is 334 g/mol. The Balaban J connectivity index is 1.72. The van der Waals surface area contributed by atoms with Crippen molar-refractivity contribution < 1.29 is 8.78 Å². The summed E-state index contributed by atoms with van der Waals surface area (Å²) in [5.41, 5.74) is -0.189. The minimum Gasteiger partial charge on any atom is -0.348 e. The molecule has 9 heteroatoms. The molecule has 1 aliphatic heterocycles. The number of nitrogens with zero attached hydrogens (tertiary/aromatic N) is 4. The van der Waals surface area contributed by atoms with Crippen molar-refractivity contribution in [3.8, 4) is 0 Å². The second kappa shape index (κ2) is 4.16. The fraction of sp³-hybridized carbons (Fsp3) is 0.583. The summed E-state index contributed by atoms with van der Waals surface area (Å²) in [5, 5.41) is 6.72. The number of aromatic nitrogens is 4. The van der Waals surface area contributed by atoms with E-state index in [1.165, 1.54) is 4.90 Å². The molecule has 21 heavy (non-hydrogen) atoms. The standard InChI is InChI=1S/C12H11Cl2F2N5/c13-7-6-9(20-19-7)18-10(8(14)17-6)21-4-3-11(1-2-11)12(15,16)5-21/h1-5H2,(H,18,19,20). The molecular formula is C12H11Cl2F2N5. The van der Waals surface area contributed by atoms with Crippen molar-refractivity contribution >= 4 is 40.2 Å². The number of fused-ring (bicyclic) bond motifs is 1. The zero-order valence-corrected chi connectivity index (χ0v) is 12.3. The Labute approximate surface area is 128 Å². The monoisotopic (exact) mass is 333 g/mol. The maximum absolute atomic E-state index is 14.3. The first kappa shape index (κ1) is 13.5. The molecule has 1 N–H and O–H groups in total. The summed E-state index contributed by atoms with van der Waals surface area (Å²) in [6.07, 6.45) is 1.64. The predicted octanol–water partition coefficient (Wildman–Crippen LogP) is 3.29. The Bertz CT molecular complexity index is 728. The van der Waals surface area contributed by atoms with Gasteiger partial charge >= 0.3 is 0 Å². The third kappa shape index (κ3) is 1.90. The minimum atomic E-state index is -2.73. The number of halogens is 4. The molecule has 2 fully saturated rings. The summed E-state index contributed by atoms with van der Waals surface area (Å²) in [7, 11) is 0. The van der Waals surface area contributed by atoms with Gasteiger partial charge < -0.3 is 4.90 Å². The van der Waals surface area contributed by atoms with E-state index in [4.69, 9.17) is 23.2 Å². The highest BCUT2D eigenvalue weighted by molar-refractivity contribution is 6.35. The molecule has 2 aromatic heterocycles. The predicted molar refractivity (Wildman–Crippen MR) is 75.1 cm³/mol. The Morgan fingerprint density at radius 2 is 1.90 bits per heavy atom. The fourth-order valence-electron chi connectivity index (χ4n) is 2.94. The van der Waals surface area contributed by atoms with E-state index >= 15 is 0 Å². The summed E-state index contributed by atoms with van der Waals surface area (Å²) in [6, 6.07) is 0. The number of alkyl halides is 2. The van der Waals surface area contributed by atoms with Crippen LogP contribution in [0.15, 0.2) is 0 Å². The lowest BCUT2D eigenvalue weighted by atomic mass is 9.89. The van der Waals surface area contributed by atoms with E-state index in [0.717, 1.165) is 0 Å². The van der Waals surface area contributed by atoms with Gasteiger partial charge in [-0.25, -0.2) is 18.7 Å². The van der Waals surface area contributed by atoms with Gasteiger partial charge in [-0.05, 0) is 19.3 Å². The van der Waals surface area contributed by atoms with Gasteiger partial charge in [0.15, 0.2) is 16.1 Å². The third-order valence-electron chi connectivity index (χ3n) is 4.46. The summed E-state index contributed by atoms with van der Waals surface area (Å²) >= 11 is 11.9. The first-order valence-corrected chi connectivity index (χ1v) is 7.37. The van der Waals surface area contributed by atoms with Gasteiger partial charge in [0, 0.05) is 12.0 Å². The normalized spacial score (nSPS) is 23.0. The van der Waals surface area contributed by atoms with E-state index in [1.54, 1.807) is 0 Å². The molecule has 0 atom stereocenters. The highest BCUT2D eigenvalue weighted by Crippen LogP contribution is 2.61. The molecule has 2 aromatic rings. The lowest BCUT2D eigenvalue weighted by Gasteiger charge is -2.39. The molecule has 1 spiro atoms. The van der Waals surface area contributed by atoms with Crippen molar-refractivity contribution in [2.24, 2.45) is 5.41 Å². The molecule has 112 valence electrons. The van der Waals surface area contributed by atoms with Gasteiger partial charge in [0.2, 0.25) is 5.65 Å². The number of hydrogen-bond acceptors (Lipinski definition) is 4. The second-order valence-electron chi connectivity index (χ2n) is 5.70. The second-order valence-corrected chi connectivity index (χ2v) is 6.44. The van der Waals surface area contributed by atoms with Gasteiger partial charge in [0.1, 0.15) is 5.52 Å². The molecule has 1 aliphatic carbocycles. The smallest absolute Gasteiger partial charge is 0.270 e. The molecule has 0 unspecified atom stereocenters. The van der Waals surface area contributed by atoms with Crippen LogP contribution in [0.1, 0.15) is 19.3 Å². The Morgan fingerprint density at radius 3 is 2.57 bits per heavy atom. The van der Waals surface area contributed by atoms with Crippen molar-refractivity contribution in [2.75, 3.05) is 18.0 Å². The molecule has 3 heterocycles. The molecule has 1 saturated heterocycles. The Hall–Kier alpha value is -1.21. The molecular weight excluding hydrogens is 323 g/mol. The summed E-state index contributed by atoms with van der Waals surface area (Å²) in [6.45, 7) is 0.110. The summed E-state index contributed by atoms with van der Waals surface area (Å²) < 4.78 is 28.5. The van der Waals surface area contributed by atoms with Gasteiger partial charge in [-0.1, -0.05) is 23.2 Å². The van der Waals surface area contributed by atoms with Crippen LogP contribution in [0.2, 0.25) is 10.3 Å². The third-order valence-corrected chi connectivity index (χ3v) is 4.98. The first-order chi connectivity index (χ1) is 9.92. The van der Waals surface area contributed by atoms with Crippen LogP contribution in [0.3, 0.4) is 0 Å². The molecule has 1 saturated carbocycles. The van der Waals surface area contributed by atoms with Gasteiger partial charge in [-0.15, -0.1) is 0 Å². The largest absolute Gasteiger partial charge is 0.348 e. The van der Waals surface area contributed by atoms with E-state index < -0.39 is 11.3 Å². The van der Waals surface area contributed by atoms with Crippen LogP contribution < -0.4 is 4.90 Å². The van der Waals surface area contributed by atoms with E-state index in [-0.39, 0.29) is 28.3 Å². The fourth-order valence-corrected chi connectivity index (χ4v) is 3.36. The Morgan fingerprint density at radius 1 is 1.14 bits per heavy atom. The van der Waals surface area contributed by atoms with Crippen molar-refractivity contribution in [3.63, 3.8) is 0 Å². The maximum atomic E-state index is 14.3. The number of aromatic amines is 1. The van der Waals surface area contributed by atoms with Crippen LogP contribution in [-0.2, 0) is 0 Å². The van der Waals surface area contributed by atoms with Crippen LogP contribution >= 0.6 is 23.2 Å². The van der Waals surface area contributed by atoms with E-state index in [1.807, 2.05) is 0 Å². The number of anilines is 1. The summed E-state index contributed by atoms with van der Waals surface area (Å²) in [4.78, 5) is 9.81. The zero-order chi connectivity index (χ0) is 14.8. The quantitative estimate of drug-likeness (QED) is 0.870. The molecule has 5 nitrogen and oxygen atoms in total. The van der Waals surface area contributed by atoms with Gasteiger partial charge in [-0.3, -0.25) is 5.10 Å². The number of nitrogens with one attached hydrogen (secondary N) is 1. The van der Waals surface area contributed by atoms with Crippen LogP contribution in [0.25, 0.3) is 11.2 Å². The molecule has 4 rings (SSSR count). The van der Waals surface area contributed by atoms with Crippen molar-refractivity contribution in [1.29, 1.82) is 0 Å². The SMILES string of the molecule is FC1(F)CN(c2nc3n[nH]c(Cl)c3nc2Cl)CCC12CC2. The van der Waals surface area contributed by atoms with Crippen LogP contribution in [0.5, 0.6) is 0 Å². The highest BCUT2D eigenvalue weighted by atomic mass is 35.5. The van der Waals surface area contributed by atoms with E-state index in [0.29, 0.717) is 31.3 Å². The van der Waals surface area contributed by atoms with Crippen molar-refractivity contribution in [1.82, 2.24) is 20.2 Å². The first-order valence-electron chi connectivity index (χ1n) is 6.62. The molecule has 2 aliphatic rings. The number of piperidine rings is 1. The van der Waals surface area contributed by atoms with E-state index in [9.17, 15) is 8.78 Å². The van der Waals surface area contributed by atoms with Crippen LogP contribution in [-0.4, -0.2) is 39.2 Å². The number of hydrogen-bond donors (Lipinski definition) is 1. The molecule has 0 bridgehead atoms. The van der Waals surface area contributed by atoms with Gasteiger partial charge in [0.25, 0.3) is 5.92 Å². The maximum Gasteiger partial charge on any atom is 0.270 e. The van der Waals surface area contributed by atoms with Gasteiger partial charge in [-0.2, -0.15) is 5.10 Å². The molecule has 0 aromatic carbocycles. The highest BCUT2D eigenvalue weighted by Gasteiger charge is 2.64. The lowest BCUT2D eigenvalue weighted by molar-refractivity contribution is -0.0795. The lowest BCUT2D eigenvalue weighted by Crippen LogP contribution is -2.50. The molecule has 0 amide bonds.